The molecule has 2 rings (SSSR count). The van der Waals surface area contributed by atoms with Gasteiger partial charge in [-0.15, -0.1) is 0 Å². The maximum Gasteiger partial charge on any atom is 0.335 e. The van der Waals surface area contributed by atoms with Gasteiger partial charge in [0.2, 0.25) is 10.0 Å². The maximum atomic E-state index is 12.5. The zero-order chi connectivity index (χ0) is 14.9. The van der Waals surface area contributed by atoms with E-state index in [4.69, 9.17) is 5.11 Å². The summed E-state index contributed by atoms with van der Waals surface area (Å²) in [6.07, 6.45) is 0.334. The van der Waals surface area contributed by atoms with Crippen LogP contribution in [0.3, 0.4) is 0 Å². The second-order valence-electron chi connectivity index (χ2n) is 4.87. The fourth-order valence-electron chi connectivity index (χ4n) is 2.35. The van der Waals surface area contributed by atoms with Gasteiger partial charge in [-0.1, -0.05) is 6.07 Å². The van der Waals surface area contributed by atoms with Crippen LogP contribution in [0.25, 0.3) is 0 Å². The van der Waals surface area contributed by atoms with E-state index >= 15 is 0 Å². The van der Waals surface area contributed by atoms with Gasteiger partial charge in [0.15, 0.2) is 0 Å². The number of carbonyl (C=O) groups is 1. The Hall–Kier alpha value is -1.44. The van der Waals surface area contributed by atoms with Crippen LogP contribution in [-0.2, 0) is 10.0 Å². The molecule has 7 heteroatoms. The van der Waals surface area contributed by atoms with Crippen LogP contribution in [0.2, 0.25) is 0 Å². The Bertz CT molecular complexity index is 618. The molecule has 0 aromatic heterocycles. The quantitative estimate of drug-likeness (QED) is 0.862. The minimum atomic E-state index is -3.71. The molecule has 0 radical (unpaired) electrons. The van der Waals surface area contributed by atoms with Crippen molar-refractivity contribution in [1.82, 2.24) is 4.31 Å². The molecule has 1 aromatic rings. The number of benzene rings is 1. The Kier molecular flexibility index (Phi) is 4.12. The summed E-state index contributed by atoms with van der Waals surface area (Å²) < 4.78 is 26.4. The van der Waals surface area contributed by atoms with E-state index in [1.807, 2.05) is 0 Å². The van der Waals surface area contributed by atoms with Crippen molar-refractivity contribution >= 4 is 16.0 Å². The van der Waals surface area contributed by atoms with Gasteiger partial charge in [0.25, 0.3) is 0 Å². The van der Waals surface area contributed by atoms with Crippen molar-refractivity contribution in [3.05, 3.63) is 29.3 Å². The number of sulfonamides is 1. The Balaban J connectivity index is 2.40. The average Bonchev–Trinajstić information content (AvgIpc) is 2.38. The number of hydrogen-bond donors (Lipinski definition) is 2. The summed E-state index contributed by atoms with van der Waals surface area (Å²) >= 11 is 0. The topological polar surface area (TPSA) is 94.9 Å². The first-order chi connectivity index (χ1) is 9.34. The predicted octanol–water partition coefficient (Wildman–Crippen LogP) is 0.839. The highest BCUT2D eigenvalue weighted by atomic mass is 32.2. The third kappa shape index (κ3) is 2.70. The Morgan fingerprint density at radius 3 is 2.45 bits per heavy atom. The molecule has 0 saturated carbocycles. The van der Waals surface area contributed by atoms with E-state index in [9.17, 15) is 18.3 Å². The van der Waals surface area contributed by atoms with Crippen LogP contribution in [-0.4, -0.2) is 48.1 Å². The number of aliphatic hydroxyl groups excluding tert-OH is 1. The van der Waals surface area contributed by atoms with Gasteiger partial charge < -0.3 is 10.2 Å². The van der Waals surface area contributed by atoms with Gasteiger partial charge in [0.1, 0.15) is 0 Å². The number of piperidine rings is 1. The molecule has 20 heavy (non-hydrogen) atoms. The zero-order valence-electron chi connectivity index (χ0n) is 11.1. The molecule has 0 aliphatic carbocycles. The predicted molar refractivity (Wildman–Crippen MR) is 72.1 cm³/mol. The van der Waals surface area contributed by atoms with Gasteiger partial charge in [0, 0.05) is 13.1 Å². The van der Waals surface area contributed by atoms with Crippen LogP contribution < -0.4 is 0 Å². The van der Waals surface area contributed by atoms with E-state index in [0.29, 0.717) is 12.8 Å². The molecule has 1 fully saturated rings. The minimum absolute atomic E-state index is 0.0110. The van der Waals surface area contributed by atoms with E-state index in [1.54, 1.807) is 0 Å². The smallest absolute Gasteiger partial charge is 0.335 e. The van der Waals surface area contributed by atoms with Crippen molar-refractivity contribution in [3.8, 4) is 0 Å². The van der Waals surface area contributed by atoms with Crippen molar-refractivity contribution in [2.45, 2.75) is 30.8 Å². The summed E-state index contributed by atoms with van der Waals surface area (Å²) in [7, 11) is -3.71. The molecule has 0 spiro atoms. The van der Waals surface area contributed by atoms with Crippen LogP contribution in [0.1, 0.15) is 28.8 Å². The lowest BCUT2D eigenvalue weighted by molar-refractivity contribution is 0.0695. The lowest BCUT2D eigenvalue weighted by Crippen LogP contribution is -2.40. The van der Waals surface area contributed by atoms with Crippen molar-refractivity contribution < 1.29 is 23.4 Å². The molecule has 0 atom stereocenters. The van der Waals surface area contributed by atoms with Crippen LogP contribution >= 0.6 is 0 Å². The lowest BCUT2D eigenvalue weighted by Gasteiger charge is -2.29. The minimum Gasteiger partial charge on any atom is -0.478 e. The van der Waals surface area contributed by atoms with E-state index < -0.39 is 22.1 Å². The molecular weight excluding hydrogens is 282 g/mol. The van der Waals surface area contributed by atoms with E-state index in [2.05, 4.69) is 0 Å². The highest BCUT2D eigenvalue weighted by Crippen LogP contribution is 2.25. The van der Waals surface area contributed by atoms with Gasteiger partial charge in [-0.2, -0.15) is 4.31 Å². The average molecular weight is 299 g/mol. The van der Waals surface area contributed by atoms with Crippen LogP contribution in [0.15, 0.2) is 23.1 Å². The molecular formula is C13H17NO5S. The van der Waals surface area contributed by atoms with Gasteiger partial charge in [-0.3, -0.25) is 0 Å². The Morgan fingerprint density at radius 1 is 1.30 bits per heavy atom. The maximum absolute atomic E-state index is 12.5. The number of hydrogen-bond acceptors (Lipinski definition) is 4. The second-order valence-corrected chi connectivity index (χ2v) is 6.78. The van der Waals surface area contributed by atoms with Crippen molar-refractivity contribution in [2.75, 3.05) is 13.1 Å². The lowest BCUT2D eigenvalue weighted by atomic mass is 10.1. The van der Waals surface area contributed by atoms with Gasteiger partial charge in [0.05, 0.1) is 16.6 Å². The Morgan fingerprint density at radius 2 is 1.90 bits per heavy atom. The number of carboxylic acid groups (broad SMARTS) is 1. The normalized spacial score (nSPS) is 18.1. The fraction of sp³-hybridized carbons (Fsp3) is 0.462. The third-order valence-electron chi connectivity index (χ3n) is 3.56. The highest BCUT2D eigenvalue weighted by Gasteiger charge is 2.30. The van der Waals surface area contributed by atoms with E-state index in [-0.39, 0.29) is 29.1 Å². The standard InChI is InChI=1S/C13H17NO5S/c1-9-11(13(16)17)3-2-4-12(9)20(18,19)14-7-5-10(15)6-8-14/h2-4,10,15H,5-8H2,1H3,(H,16,17). The number of carboxylic acids is 1. The van der Waals surface area contributed by atoms with Crippen molar-refractivity contribution in [1.29, 1.82) is 0 Å². The van der Waals surface area contributed by atoms with Gasteiger partial charge >= 0.3 is 5.97 Å². The second kappa shape index (κ2) is 5.51. The molecule has 6 nitrogen and oxygen atoms in total. The molecule has 1 aromatic carbocycles. The summed E-state index contributed by atoms with van der Waals surface area (Å²) in [6, 6.07) is 4.24. The molecule has 0 unspecified atom stereocenters. The van der Waals surface area contributed by atoms with Crippen LogP contribution in [0, 0.1) is 6.92 Å². The van der Waals surface area contributed by atoms with Crippen LogP contribution in [0.4, 0.5) is 0 Å². The fourth-order valence-corrected chi connectivity index (χ4v) is 4.06. The summed E-state index contributed by atoms with van der Waals surface area (Å²) in [5, 5.41) is 18.5. The molecule has 1 heterocycles. The third-order valence-corrected chi connectivity index (χ3v) is 5.60. The molecule has 1 aliphatic rings. The van der Waals surface area contributed by atoms with Crippen LogP contribution in [0.5, 0.6) is 0 Å². The monoisotopic (exact) mass is 299 g/mol. The Labute approximate surface area is 117 Å². The SMILES string of the molecule is Cc1c(C(=O)O)cccc1S(=O)(=O)N1CCC(O)CC1. The molecule has 1 saturated heterocycles. The largest absolute Gasteiger partial charge is 0.478 e. The molecule has 110 valence electrons. The summed E-state index contributed by atoms with van der Waals surface area (Å²) in [6.45, 7) is 2.00. The van der Waals surface area contributed by atoms with Crippen molar-refractivity contribution in [3.63, 3.8) is 0 Å². The van der Waals surface area contributed by atoms with E-state index in [1.165, 1.54) is 29.4 Å². The number of nitrogens with zero attached hydrogens (tertiary/aromatic N) is 1. The molecule has 0 amide bonds. The van der Waals surface area contributed by atoms with E-state index in [0.717, 1.165) is 0 Å². The van der Waals surface area contributed by atoms with Crippen molar-refractivity contribution in [2.24, 2.45) is 0 Å². The van der Waals surface area contributed by atoms with Gasteiger partial charge in [-0.25, -0.2) is 13.2 Å². The molecule has 1 aliphatic heterocycles. The molecule has 0 bridgehead atoms. The number of aliphatic hydroxyl groups is 1. The number of aromatic carboxylic acids is 1. The summed E-state index contributed by atoms with van der Waals surface area (Å²) in [4.78, 5) is 11.1. The first-order valence-electron chi connectivity index (χ1n) is 6.35. The summed E-state index contributed by atoms with van der Waals surface area (Å²) in [5.41, 5.74) is 0.231. The summed E-state index contributed by atoms with van der Waals surface area (Å²) in [5.74, 6) is -1.14. The first-order valence-corrected chi connectivity index (χ1v) is 7.79. The number of rotatable bonds is 3. The van der Waals surface area contributed by atoms with Gasteiger partial charge in [-0.05, 0) is 37.5 Å². The highest BCUT2D eigenvalue weighted by molar-refractivity contribution is 7.89. The first kappa shape index (κ1) is 15.0. The molecule has 2 N–H and O–H groups in total. The zero-order valence-corrected chi connectivity index (χ0v) is 11.9.